The summed E-state index contributed by atoms with van der Waals surface area (Å²) in [6.07, 6.45) is 1.52. The highest BCUT2D eigenvalue weighted by Gasteiger charge is 2.35. The fraction of sp³-hybridized carbons (Fsp3) is 0.600. The summed E-state index contributed by atoms with van der Waals surface area (Å²) in [5, 5.41) is 5.59. The molecule has 27 heavy (non-hydrogen) atoms. The van der Waals surface area contributed by atoms with Crippen molar-refractivity contribution in [1.82, 2.24) is 15.5 Å². The summed E-state index contributed by atoms with van der Waals surface area (Å²) in [6, 6.07) is 2.46. The highest BCUT2D eigenvalue weighted by atomic mass is 16.5. The van der Waals surface area contributed by atoms with Gasteiger partial charge >= 0.3 is 12.0 Å². The van der Waals surface area contributed by atoms with Crippen LogP contribution >= 0.6 is 0 Å². The molecule has 1 unspecified atom stereocenters. The van der Waals surface area contributed by atoms with Crippen LogP contribution in [0.4, 0.5) is 4.79 Å². The monoisotopic (exact) mass is 377 g/mol. The van der Waals surface area contributed by atoms with E-state index < -0.39 is 12.0 Å². The molecule has 2 heterocycles. The van der Waals surface area contributed by atoms with Gasteiger partial charge in [0.2, 0.25) is 0 Å². The van der Waals surface area contributed by atoms with Crippen molar-refractivity contribution in [3.63, 3.8) is 0 Å². The lowest BCUT2D eigenvalue weighted by atomic mass is 9.99. The fourth-order valence-corrected chi connectivity index (χ4v) is 3.32. The second kappa shape index (κ2) is 9.60. The van der Waals surface area contributed by atoms with Gasteiger partial charge in [0, 0.05) is 25.3 Å². The summed E-state index contributed by atoms with van der Waals surface area (Å²) in [5.74, 6) is 0.988. The van der Waals surface area contributed by atoms with E-state index in [-0.39, 0.29) is 12.6 Å². The van der Waals surface area contributed by atoms with Crippen LogP contribution in [0.2, 0.25) is 0 Å². The number of urea groups is 1. The Morgan fingerprint density at radius 2 is 1.93 bits per heavy atom. The van der Waals surface area contributed by atoms with E-state index in [2.05, 4.69) is 43.2 Å². The lowest BCUT2D eigenvalue weighted by Crippen LogP contribution is -2.49. The predicted octanol–water partition coefficient (Wildman–Crippen LogP) is 3.06. The standard InChI is InChI=1S/C20H31N3O4/c1-6-26-19(24)17-15(12-23(10-13(2)3)11-14(4)5)21-20(25)22-18(17)16-8-7-9-27-16/h7-9,13-14,18H,6,10-12H2,1-5H3,(H2,21,22,25). The molecular formula is C20H31N3O4. The summed E-state index contributed by atoms with van der Waals surface area (Å²) >= 11 is 0. The quantitative estimate of drug-likeness (QED) is 0.646. The van der Waals surface area contributed by atoms with Gasteiger partial charge in [-0.05, 0) is 30.9 Å². The van der Waals surface area contributed by atoms with Gasteiger partial charge in [-0.25, -0.2) is 9.59 Å². The first-order valence-corrected chi connectivity index (χ1v) is 9.55. The van der Waals surface area contributed by atoms with Crippen LogP contribution in [0, 0.1) is 11.8 Å². The summed E-state index contributed by atoms with van der Waals surface area (Å²) < 4.78 is 10.7. The van der Waals surface area contributed by atoms with Gasteiger partial charge in [-0.15, -0.1) is 0 Å². The van der Waals surface area contributed by atoms with Crippen LogP contribution in [-0.4, -0.2) is 43.1 Å². The highest BCUT2D eigenvalue weighted by Crippen LogP contribution is 2.28. The van der Waals surface area contributed by atoms with Crippen molar-refractivity contribution in [3.8, 4) is 0 Å². The zero-order valence-electron chi connectivity index (χ0n) is 16.9. The van der Waals surface area contributed by atoms with Crippen molar-refractivity contribution >= 4 is 12.0 Å². The van der Waals surface area contributed by atoms with Crippen LogP contribution in [-0.2, 0) is 9.53 Å². The van der Waals surface area contributed by atoms with Gasteiger partial charge in [0.15, 0.2) is 0 Å². The molecule has 7 heteroatoms. The zero-order chi connectivity index (χ0) is 20.0. The first kappa shape index (κ1) is 21.0. The van der Waals surface area contributed by atoms with Crippen molar-refractivity contribution in [2.45, 2.75) is 40.7 Å². The maximum atomic E-state index is 12.7. The van der Waals surface area contributed by atoms with E-state index in [1.54, 1.807) is 19.1 Å². The summed E-state index contributed by atoms with van der Waals surface area (Å²) in [5.41, 5.74) is 0.962. The zero-order valence-corrected chi connectivity index (χ0v) is 16.9. The Bertz CT molecular complexity index is 655. The summed E-state index contributed by atoms with van der Waals surface area (Å²) in [7, 11) is 0. The molecule has 2 N–H and O–H groups in total. The van der Waals surface area contributed by atoms with Gasteiger partial charge in [0.05, 0.1) is 18.4 Å². The number of carbonyl (C=O) groups excluding carboxylic acids is 2. The van der Waals surface area contributed by atoms with Gasteiger partial charge in [0.25, 0.3) is 0 Å². The molecule has 0 aromatic carbocycles. The Labute approximate surface area is 161 Å². The molecule has 7 nitrogen and oxygen atoms in total. The molecule has 0 saturated heterocycles. The number of hydrogen-bond acceptors (Lipinski definition) is 5. The van der Waals surface area contributed by atoms with Crippen LogP contribution in [0.15, 0.2) is 34.1 Å². The van der Waals surface area contributed by atoms with Gasteiger partial charge < -0.3 is 19.8 Å². The molecule has 2 rings (SSSR count). The third-order valence-electron chi connectivity index (χ3n) is 4.11. The second-order valence-corrected chi connectivity index (χ2v) is 7.64. The van der Waals surface area contributed by atoms with Crippen LogP contribution in [0.25, 0.3) is 0 Å². The Morgan fingerprint density at radius 1 is 1.26 bits per heavy atom. The lowest BCUT2D eigenvalue weighted by Gasteiger charge is -2.32. The van der Waals surface area contributed by atoms with E-state index in [1.807, 2.05) is 0 Å². The molecule has 1 atom stereocenters. The molecule has 150 valence electrons. The van der Waals surface area contributed by atoms with Gasteiger partial charge in [0.1, 0.15) is 11.8 Å². The number of nitrogens with one attached hydrogen (secondary N) is 2. The van der Waals surface area contributed by atoms with Crippen molar-refractivity contribution in [3.05, 3.63) is 35.4 Å². The minimum atomic E-state index is -0.664. The molecule has 0 bridgehead atoms. The Hall–Kier alpha value is -2.28. The van der Waals surface area contributed by atoms with E-state index in [4.69, 9.17) is 9.15 Å². The Kier molecular flexibility index (Phi) is 7.47. The Morgan fingerprint density at radius 3 is 2.44 bits per heavy atom. The van der Waals surface area contributed by atoms with Crippen LogP contribution in [0.5, 0.6) is 0 Å². The molecule has 0 saturated carbocycles. The average molecular weight is 377 g/mol. The normalized spacial score (nSPS) is 17.5. The maximum absolute atomic E-state index is 12.7. The predicted molar refractivity (Wildman–Crippen MR) is 103 cm³/mol. The van der Waals surface area contributed by atoms with Crippen LogP contribution in [0.1, 0.15) is 46.4 Å². The minimum absolute atomic E-state index is 0.260. The molecule has 1 aliphatic heterocycles. The largest absolute Gasteiger partial charge is 0.467 e. The molecule has 0 aliphatic carbocycles. The first-order chi connectivity index (χ1) is 12.8. The Balaban J connectivity index is 2.41. The van der Waals surface area contributed by atoms with E-state index in [9.17, 15) is 9.59 Å². The SMILES string of the molecule is CCOC(=O)C1=C(CN(CC(C)C)CC(C)C)NC(=O)NC1c1ccco1. The molecule has 0 radical (unpaired) electrons. The molecule has 0 spiro atoms. The van der Waals surface area contributed by atoms with Crippen molar-refractivity contribution < 1.29 is 18.7 Å². The molecular weight excluding hydrogens is 346 g/mol. The van der Waals surface area contributed by atoms with Gasteiger partial charge in [-0.3, -0.25) is 4.90 Å². The second-order valence-electron chi connectivity index (χ2n) is 7.64. The number of hydrogen-bond donors (Lipinski definition) is 2. The smallest absolute Gasteiger partial charge is 0.338 e. The number of carbonyl (C=O) groups is 2. The number of rotatable bonds is 9. The lowest BCUT2D eigenvalue weighted by molar-refractivity contribution is -0.139. The van der Waals surface area contributed by atoms with E-state index in [0.29, 0.717) is 35.4 Å². The maximum Gasteiger partial charge on any atom is 0.338 e. The minimum Gasteiger partial charge on any atom is -0.467 e. The van der Waals surface area contributed by atoms with Crippen LogP contribution in [0.3, 0.4) is 0 Å². The third kappa shape index (κ3) is 5.85. The third-order valence-corrected chi connectivity index (χ3v) is 4.11. The van der Waals surface area contributed by atoms with Crippen molar-refractivity contribution in [1.29, 1.82) is 0 Å². The number of nitrogens with zero attached hydrogens (tertiary/aromatic N) is 1. The van der Waals surface area contributed by atoms with Crippen LogP contribution < -0.4 is 10.6 Å². The number of furan rings is 1. The van der Waals surface area contributed by atoms with E-state index >= 15 is 0 Å². The molecule has 1 aliphatic rings. The number of ether oxygens (including phenoxy) is 1. The molecule has 2 amide bonds. The number of amides is 2. The number of esters is 1. The fourth-order valence-electron chi connectivity index (χ4n) is 3.32. The van der Waals surface area contributed by atoms with Crippen molar-refractivity contribution in [2.24, 2.45) is 11.8 Å². The highest BCUT2D eigenvalue weighted by molar-refractivity contribution is 5.95. The molecule has 0 fully saturated rings. The first-order valence-electron chi connectivity index (χ1n) is 9.55. The average Bonchev–Trinajstić information content (AvgIpc) is 3.07. The molecule has 1 aromatic rings. The summed E-state index contributed by atoms with van der Waals surface area (Å²) in [6.45, 7) is 12.8. The van der Waals surface area contributed by atoms with Crippen molar-refractivity contribution in [2.75, 3.05) is 26.2 Å². The van der Waals surface area contributed by atoms with Gasteiger partial charge in [-0.2, -0.15) is 0 Å². The summed E-state index contributed by atoms with van der Waals surface area (Å²) in [4.78, 5) is 27.2. The van der Waals surface area contributed by atoms with E-state index in [0.717, 1.165) is 13.1 Å². The van der Waals surface area contributed by atoms with Gasteiger partial charge in [-0.1, -0.05) is 27.7 Å². The van der Waals surface area contributed by atoms with E-state index in [1.165, 1.54) is 6.26 Å². The molecule has 1 aromatic heterocycles. The topological polar surface area (TPSA) is 83.8 Å².